The Morgan fingerprint density at radius 1 is 1.04 bits per heavy atom. The molecule has 1 aliphatic rings. The first-order chi connectivity index (χ1) is 12.8. The third-order valence-corrected chi connectivity index (χ3v) is 5.18. The SMILES string of the molecule is COc1cc(/C=C2/NC(=S)NC2=O)ccc1OS(=O)(=O)c1ccc(C)cc1. The van der Waals surface area contributed by atoms with Crippen molar-refractivity contribution in [3.8, 4) is 11.5 Å². The number of thiocarbonyl (C=S) groups is 1. The first-order valence-corrected chi connectivity index (χ1v) is 9.63. The number of rotatable bonds is 5. The third-order valence-electron chi connectivity index (χ3n) is 3.73. The zero-order valence-electron chi connectivity index (χ0n) is 14.5. The van der Waals surface area contributed by atoms with Gasteiger partial charge in [-0.15, -0.1) is 0 Å². The molecular weight excluding hydrogens is 388 g/mol. The van der Waals surface area contributed by atoms with Gasteiger partial charge < -0.3 is 14.2 Å². The number of benzene rings is 2. The van der Waals surface area contributed by atoms with Crippen molar-refractivity contribution in [2.24, 2.45) is 0 Å². The Labute approximate surface area is 162 Å². The van der Waals surface area contributed by atoms with E-state index in [9.17, 15) is 13.2 Å². The minimum atomic E-state index is -4.00. The first-order valence-electron chi connectivity index (χ1n) is 7.82. The van der Waals surface area contributed by atoms with Crippen molar-refractivity contribution in [3.63, 3.8) is 0 Å². The summed E-state index contributed by atoms with van der Waals surface area (Å²) in [7, 11) is -2.61. The largest absolute Gasteiger partial charge is 0.493 e. The highest BCUT2D eigenvalue weighted by molar-refractivity contribution is 7.87. The van der Waals surface area contributed by atoms with Crippen LogP contribution in [0.5, 0.6) is 11.5 Å². The van der Waals surface area contributed by atoms with E-state index in [1.54, 1.807) is 30.3 Å². The summed E-state index contributed by atoms with van der Waals surface area (Å²) < 4.78 is 35.4. The predicted molar refractivity (Wildman–Crippen MR) is 104 cm³/mol. The zero-order valence-corrected chi connectivity index (χ0v) is 16.1. The van der Waals surface area contributed by atoms with Gasteiger partial charge in [-0.05, 0) is 55.0 Å². The number of nitrogens with one attached hydrogen (secondary N) is 2. The third kappa shape index (κ3) is 4.26. The van der Waals surface area contributed by atoms with E-state index in [1.807, 2.05) is 6.92 Å². The van der Waals surface area contributed by atoms with E-state index in [-0.39, 0.29) is 33.1 Å². The number of hydrogen-bond donors (Lipinski definition) is 2. The molecule has 2 N–H and O–H groups in total. The minimum absolute atomic E-state index is 0.0413. The van der Waals surface area contributed by atoms with Crippen LogP contribution >= 0.6 is 12.2 Å². The van der Waals surface area contributed by atoms with E-state index in [4.69, 9.17) is 21.1 Å². The molecule has 2 aromatic carbocycles. The van der Waals surface area contributed by atoms with Crippen LogP contribution in [0.2, 0.25) is 0 Å². The van der Waals surface area contributed by atoms with Crippen LogP contribution in [-0.4, -0.2) is 26.5 Å². The summed E-state index contributed by atoms with van der Waals surface area (Å²) in [6.07, 6.45) is 1.56. The number of ether oxygens (including phenoxy) is 1. The summed E-state index contributed by atoms with van der Waals surface area (Å²) in [4.78, 5) is 11.8. The second-order valence-corrected chi connectivity index (χ2v) is 7.68. The normalized spacial score (nSPS) is 15.4. The second kappa shape index (κ2) is 7.37. The Kier molecular flexibility index (Phi) is 5.15. The van der Waals surface area contributed by atoms with Gasteiger partial charge in [-0.25, -0.2) is 0 Å². The van der Waals surface area contributed by atoms with E-state index in [1.165, 1.54) is 25.3 Å². The number of amides is 1. The number of hydrogen-bond acceptors (Lipinski definition) is 6. The maximum absolute atomic E-state index is 12.5. The van der Waals surface area contributed by atoms with Gasteiger partial charge >= 0.3 is 10.1 Å². The van der Waals surface area contributed by atoms with Crippen LogP contribution in [0.25, 0.3) is 6.08 Å². The lowest BCUT2D eigenvalue weighted by Crippen LogP contribution is -2.21. The molecule has 1 heterocycles. The number of methoxy groups -OCH3 is 1. The Morgan fingerprint density at radius 2 is 1.74 bits per heavy atom. The fourth-order valence-corrected chi connectivity index (χ4v) is 3.51. The van der Waals surface area contributed by atoms with Crippen molar-refractivity contribution in [1.29, 1.82) is 0 Å². The van der Waals surface area contributed by atoms with Gasteiger partial charge in [0.15, 0.2) is 16.6 Å². The summed E-state index contributed by atoms with van der Waals surface area (Å²) in [6.45, 7) is 1.86. The molecule has 0 unspecified atom stereocenters. The van der Waals surface area contributed by atoms with Gasteiger partial charge in [0.25, 0.3) is 5.91 Å². The zero-order chi connectivity index (χ0) is 19.6. The molecule has 7 nitrogen and oxygen atoms in total. The van der Waals surface area contributed by atoms with Crippen LogP contribution in [0, 0.1) is 6.92 Å². The fourth-order valence-electron chi connectivity index (χ4n) is 2.36. The van der Waals surface area contributed by atoms with Crippen molar-refractivity contribution in [2.75, 3.05) is 7.11 Å². The Bertz CT molecular complexity index is 1040. The highest BCUT2D eigenvalue weighted by Crippen LogP contribution is 2.31. The van der Waals surface area contributed by atoms with Gasteiger partial charge in [-0.2, -0.15) is 8.42 Å². The summed E-state index contributed by atoms with van der Waals surface area (Å²) in [5, 5.41) is 5.41. The maximum Gasteiger partial charge on any atom is 0.339 e. The van der Waals surface area contributed by atoms with Crippen LogP contribution in [0.4, 0.5) is 0 Å². The Morgan fingerprint density at radius 3 is 2.33 bits per heavy atom. The molecule has 0 aliphatic carbocycles. The van der Waals surface area contributed by atoms with Crippen LogP contribution in [0.1, 0.15) is 11.1 Å². The Hall–Kier alpha value is -2.91. The average molecular weight is 404 g/mol. The number of aryl methyl sites for hydroxylation is 1. The molecule has 0 atom stereocenters. The van der Waals surface area contributed by atoms with Gasteiger partial charge in [0.05, 0.1) is 7.11 Å². The van der Waals surface area contributed by atoms with E-state index >= 15 is 0 Å². The van der Waals surface area contributed by atoms with Crippen molar-refractivity contribution >= 4 is 39.4 Å². The molecule has 0 bridgehead atoms. The van der Waals surface area contributed by atoms with Crippen LogP contribution in [0.3, 0.4) is 0 Å². The number of carbonyl (C=O) groups is 1. The average Bonchev–Trinajstić information content (AvgIpc) is 2.93. The smallest absolute Gasteiger partial charge is 0.339 e. The van der Waals surface area contributed by atoms with Gasteiger partial charge in [-0.1, -0.05) is 23.8 Å². The molecule has 1 saturated heterocycles. The van der Waals surface area contributed by atoms with Crippen LogP contribution < -0.4 is 19.6 Å². The lowest BCUT2D eigenvalue weighted by atomic mass is 10.1. The molecule has 0 radical (unpaired) electrons. The van der Waals surface area contributed by atoms with Crippen molar-refractivity contribution in [3.05, 3.63) is 59.3 Å². The summed E-state index contributed by atoms with van der Waals surface area (Å²) in [6, 6.07) is 10.9. The predicted octanol–water partition coefficient (Wildman–Crippen LogP) is 2.12. The molecule has 3 rings (SSSR count). The highest BCUT2D eigenvalue weighted by atomic mass is 32.2. The minimum Gasteiger partial charge on any atom is -0.493 e. The molecule has 0 spiro atoms. The van der Waals surface area contributed by atoms with E-state index in [0.29, 0.717) is 5.56 Å². The molecule has 0 saturated carbocycles. The van der Waals surface area contributed by atoms with Crippen molar-refractivity contribution < 1.29 is 22.1 Å². The van der Waals surface area contributed by atoms with E-state index < -0.39 is 10.1 Å². The quantitative estimate of drug-likeness (QED) is 0.448. The van der Waals surface area contributed by atoms with Gasteiger partial charge in [0.1, 0.15) is 10.6 Å². The molecule has 9 heteroatoms. The molecule has 2 aromatic rings. The monoisotopic (exact) mass is 404 g/mol. The van der Waals surface area contributed by atoms with Crippen LogP contribution in [-0.2, 0) is 14.9 Å². The standard InChI is InChI=1S/C18H16N2O5S2/c1-11-3-6-13(7-4-11)27(22,23)25-15-8-5-12(10-16(15)24-2)9-14-17(21)20-18(26)19-14/h3-10H,1-2H3,(H2,19,20,21,26)/b14-9+. The second-order valence-electron chi connectivity index (χ2n) is 5.73. The number of carbonyl (C=O) groups excluding carboxylic acids is 1. The molecule has 1 aliphatic heterocycles. The molecule has 27 heavy (non-hydrogen) atoms. The van der Waals surface area contributed by atoms with E-state index in [0.717, 1.165) is 5.56 Å². The molecule has 140 valence electrons. The summed E-state index contributed by atoms with van der Waals surface area (Å²) in [5.41, 5.74) is 1.82. The molecule has 0 aromatic heterocycles. The van der Waals surface area contributed by atoms with Crippen molar-refractivity contribution in [1.82, 2.24) is 10.6 Å². The summed E-state index contributed by atoms with van der Waals surface area (Å²) in [5.74, 6) is -0.0955. The van der Waals surface area contributed by atoms with Gasteiger partial charge in [0, 0.05) is 0 Å². The van der Waals surface area contributed by atoms with Gasteiger partial charge in [-0.3, -0.25) is 10.1 Å². The Balaban J connectivity index is 1.89. The molecule has 1 fully saturated rings. The summed E-state index contributed by atoms with van der Waals surface area (Å²) >= 11 is 4.88. The van der Waals surface area contributed by atoms with Gasteiger partial charge in [0.2, 0.25) is 0 Å². The lowest BCUT2D eigenvalue weighted by molar-refractivity contribution is -0.115. The van der Waals surface area contributed by atoms with Crippen LogP contribution in [0.15, 0.2) is 53.1 Å². The maximum atomic E-state index is 12.5. The molecular formula is C18H16N2O5S2. The fraction of sp³-hybridized carbons (Fsp3) is 0.111. The first kappa shape index (κ1) is 18.9. The molecule has 1 amide bonds. The topological polar surface area (TPSA) is 93.7 Å². The van der Waals surface area contributed by atoms with Crippen molar-refractivity contribution in [2.45, 2.75) is 11.8 Å². The van der Waals surface area contributed by atoms with E-state index in [2.05, 4.69) is 10.6 Å². The lowest BCUT2D eigenvalue weighted by Gasteiger charge is -2.11. The highest BCUT2D eigenvalue weighted by Gasteiger charge is 2.21.